The minimum atomic E-state index is -0.917. The van der Waals surface area contributed by atoms with Gasteiger partial charge in [0.25, 0.3) is 0 Å². The first-order chi connectivity index (χ1) is 12.5. The van der Waals surface area contributed by atoms with E-state index < -0.39 is 23.8 Å². The summed E-state index contributed by atoms with van der Waals surface area (Å²) in [7, 11) is 1.34. The van der Waals surface area contributed by atoms with Gasteiger partial charge in [0, 0.05) is 4.88 Å². The summed E-state index contributed by atoms with van der Waals surface area (Å²) >= 11 is 1.44. The Hall–Kier alpha value is -1.89. The van der Waals surface area contributed by atoms with E-state index in [1.165, 1.54) is 18.4 Å². The van der Waals surface area contributed by atoms with Gasteiger partial charge in [-0.2, -0.15) is 0 Å². The van der Waals surface area contributed by atoms with Gasteiger partial charge in [-0.1, -0.05) is 19.3 Å². The molecule has 2 atom stereocenters. The molecule has 142 valence electrons. The number of carboxylic acids is 1. The van der Waals surface area contributed by atoms with E-state index in [1.807, 2.05) is 0 Å². The lowest BCUT2D eigenvalue weighted by Gasteiger charge is -2.27. The van der Waals surface area contributed by atoms with E-state index >= 15 is 0 Å². The Kier molecular flexibility index (Phi) is 5.96. The Morgan fingerprint density at radius 3 is 2.42 bits per heavy atom. The molecular formula is C19H25NO5S. The second-order valence-electron chi connectivity index (χ2n) is 7.09. The first kappa shape index (κ1) is 18.9. The molecule has 0 unspecified atom stereocenters. The molecule has 0 spiro atoms. The van der Waals surface area contributed by atoms with Gasteiger partial charge in [0.2, 0.25) is 5.91 Å². The summed E-state index contributed by atoms with van der Waals surface area (Å²) in [5.41, 5.74) is 1.46. The van der Waals surface area contributed by atoms with E-state index in [4.69, 9.17) is 4.74 Å². The molecule has 3 rings (SSSR count). The molecule has 6 nitrogen and oxygen atoms in total. The molecule has 0 bridgehead atoms. The molecule has 0 aliphatic heterocycles. The van der Waals surface area contributed by atoms with Crippen LogP contribution in [-0.4, -0.2) is 30.1 Å². The molecule has 0 aromatic carbocycles. The van der Waals surface area contributed by atoms with E-state index in [-0.39, 0.29) is 5.91 Å². The zero-order valence-corrected chi connectivity index (χ0v) is 15.8. The molecule has 2 N–H and O–H groups in total. The second-order valence-corrected chi connectivity index (χ2v) is 8.19. The van der Waals surface area contributed by atoms with Crippen molar-refractivity contribution in [3.05, 3.63) is 16.0 Å². The third-order valence-corrected chi connectivity index (χ3v) is 6.67. The third kappa shape index (κ3) is 3.77. The first-order valence-corrected chi connectivity index (χ1v) is 10.1. The van der Waals surface area contributed by atoms with Crippen molar-refractivity contribution >= 4 is 34.2 Å². The van der Waals surface area contributed by atoms with E-state index in [9.17, 15) is 19.5 Å². The Morgan fingerprint density at radius 2 is 1.73 bits per heavy atom. The summed E-state index contributed by atoms with van der Waals surface area (Å²) in [6.07, 6.45) is 7.73. The number of nitrogens with one attached hydrogen (secondary N) is 1. The van der Waals surface area contributed by atoms with Crippen LogP contribution in [0.2, 0.25) is 0 Å². The number of carbonyl (C=O) groups is 3. The molecular weight excluding hydrogens is 354 g/mol. The van der Waals surface area contributed by atoms with Crippen LogP contribution in [0, 0.1) is 11.8 Å². The number of aryl methyl sites for hydroxylation is 1. The van der Waals surface area contributed by atoms with Crippen molar-refractivity contribution in [2.75, 3.05) is 12.4 Å². The standard InChI is InChI=1S/C19H25NO5S/c1-25-19(24)15-13-9-3-2-4-10-14(13)26-17(15)20-16(21)11-7-5-6-8-12(11)18(22)23/h11-12H,2-10H2,1H3,(H,20,21)(H,22,23)/t11-,12-/m0/s1. The number of fused-ring (bicyclic) bond motifs is 1. The van der Waals surface area contributed by atoms with Gasteiger partial charge < -0.3 is 15.2 Å². The van der Waals surface area contributed by atoms with Crippen LogP contribution in [0.25, 0.3) is 0 Å². The fourth-order valence-electron chi connectivity index (χ4n) is 4.09. The number of carbonyl (C=O) groups excluding carboxylic acids is 2. The second kappa shape index (κ2) is 8.20. The third-order valence-electron chi connectivity index (χ3n) is 5.47. The highest BCUT2D eigenvalue weighted by molar-refractivity contribution is 7.17. The number of ether oxygens (including phenoxy) is 1. The lowest BCUT2D eigenvalue weighted by Crippen LogP contribution is -2.36. The first-order valence-electron chi connectivity index (χ1n) is 9.29. The molecule has 1 amide bonds. The van der Waals surface area contributed by atoms with E-state index in [2.05, 4.69) is 5.32 Å². The lowest BCUT2D eigenvalue weighted by molar-refractivity contribution is -0.147. The number of amides is 1. The number of esters is 1. The molecule has 1 saturated carbocycles. The highest BCUT2D eigenvalue weighted by Gasteiger charge is 2.37. The highest BCUT2D eigenvalue weighted by atomic mass is 32.1. The van der Waals surface area contributed by atoms with Crippen molar-refractivity contribution < 1.29 is 24.2 Å². The maximum atomic E-state index is 12.8. The van der Waals surface area contributed by atoms with Gasteiger partial charge in [0.1, 0.15) is 5.00 Å². The molecule has 1 aromatic heterocycles. The predicted octanol–water partition coefficient (Wildman–Crippen LogP) is 3.63. The van der Waals surface area contributed by atoms with Crippen LogP contribution in [0.4, 0.5) is 5.00 Å². The molecule has 26 heavy (non-hydrogen) atoms. The molecule has 0 radical (unpaired) electrons. The van der Waals surface area contributed by atoms with Gasteiger partial charge >= 0.3 is 11.9 Å². The average molecular weight is 379 g/mol. The van der Waals surface area contributed by atoms with Gasteiger partial charge in [0.05, 0.1) is 24.5 Å². The maximum Gasteiger partial charge on any atom is 0.341 e. The number of aliphatic carboxylic acids is 1. The number of hydrogen-bond donors (Lipinski definition) is 2. The minimum Gasteiger partial charge on any atom is -0.481 e. The lowest BCUT2D eigenvalue weighted by atomic mass is 9.79. The summed E-state index contributed by atoms with van der Waals surface area (Å²) in [6, 6.07) is 0. The van der Waals surface area contributed by atoms with Gasteiger partial charge in [-0.3, -0.25) is 9.59 Å². The van der Waals surface area contributed by atoms with Gasteiger partial charge in [-0.05, 0) is 44.1 Å². The van der Waals surface area contributed by atoms with Crippen LogP contribution >= 0.6 is 11.3 Å². The van der Waals surface area contributed by atoms with Crippen LogP contribution in [0.1, 0.15) is 65.7 Å². The molecule has 0 saturated heterocycles. The molecule has 2 aliphatic carbocycles. The maximum absolute atomic E-state index is 12.8. The predicted molar refractivity (Wildman–Crippen MR) is 98.6 cm³/mol. The zero-order chi connectivity index (χ0) is 18.7. The Labute approximate surface area is 156 Å². The number of hydrogen-bond acceptors (Lipinski definition) is 5. The number of thiophene rings is 1. The van der Waals surface area contributed by atoms with E-state index in [1.54, 1.807) is 0 Å². The van der Waals surface area contributed by atoms with Crippen molar-refractivity contribution in [2.45, 2.75) is 57.8 Å². The normalized spacial score (nSPS) is 22.8. The molecule has 1 heterocycles. The summed E-state index contributed by atoms with van der Waals surface area (Å²) in [5.74, 6) is -2.84. The van der Waals surface area contributed by atoms with Crippen LogP contribution in [-0.2, 0) is 27.2 Å². The average Bonchev–Trinajstić information content (AvgIpc) is 2.81. The van der Waals surface area contributed by atoms with Gasteiger partial charge in [-0.25, -0.2) is 4.79 Å². The van der Waals surface area contributed by atoms with Gasteiger partial charge in [0.15, 0.2) is 0 Å². The largest absolute Gasteiger partial charge is 0.481 e. The van der Waals surface area contributed by atoms with Crippen molar-refractivity contribution in [2.24, 2.45) is 11.8 Å². The number of methoxy groups -OCH3 is 1. The van der Waals surface area contributed by atoms with Gasteiger partial charge in [-0.15, -0.1) is 11.3 Å². The van der Waals surface area contributed by atoms with Crippen LogP contribution in [0.3, 0.4) is 0 Å². The monoisotopic (exact) mass is 379 g/mol. The molecule has 7 heteroatoms. The molecule has 1 aromatic rings. The van der Waals surface area contributed by atoms with Crippen LogP contribution < -0.4 is 5.32 Å². The Bertz CT molecular complexity index is 711. The number of rotatable bonds is 4. The van der Waals surface area contributed by atoms with Crippen molar-refractivity contribution in [3.63, 3.8) is 0 Å². The van der Waals surface area contributed by atoms with Crippen molar-refractivity contribution in [1.82, 2.24) is 0 Å². The molecule has 1 fully saturated rings. The summed E-state index contributed by atoms with van der Waals surface area (Å²) in [6.45, 7) is 0. The van der Waals surface area contributed by atoms with E-state index in [0.717, 1.165) is 55.4 Å². The SMILES string of the molecule is COC(=O)c1c(NC(=O)[C@H]2CCCC[C@@H]2C(=O)O)sc2c1CCCCC2. The fraction of sp³-hybridized carbons (Fsp3) is 0.632. The fourth-order valence-corrected chi connectivity index (χ4v) is 5.37. The van der Waals surface area contributed by atoms with Crippen LogP contribution in [0.5, 0.6) is 0 Å². The number of anilines is 1. The number of carboxylic acid groups (broad SMARTS) is 1. The smallest absolute Gasteiger partial charge is 0.341 e. The van der Waals surface area contributed by atoms with Crippen LogP contribution in [0.15, 0.2) is 0 Å². The topological polar surface area (TPSA) is 92.7 Å². The van der Waals surface area contributed by atoms with Crippen molar-refractivity contribution in [1.29, 1.82) is 0 Å². The van der Waals surface area contributed by atoms with Crippen molar-refractivity contribution in [3.8, 4) is 0 Å². The Balaban J connectivity index is 1.87. The summed E-state index contributed by atoms with van der Waals surface area (Å²) < 4.78 is 4.95. The quantitative estimate of drug-likeness (QED) is 0.615. The highest BCUT2D eigenvalue weighted by Crippen LogP contribution is 2.39. The van der Waals surface area contributed by atoms with E-state index in [0.29, 0.717) is 23.4 Å². The summed E-state index contributed by atoms with van der Waals surface area (Å²) in [4.78, 5) is 37.8. The zero-order valence-electron chi connectivity index (χ0n) is 15.0. The Morgan fingerprint density at radius 1 is 1.04 bits per heavy atom. The minimum absolute atomic E-state index is 0.293. The molecule has 2 aliphatic rings. The summed E-state index contributed by atoms with van der Waals surface area (Å²) in [5, 5.41) is 12.8.